The second-order valence-corrected chi connectivity index (χ2v) is 7.42. The van der Waals surface area contributed by atoms with Gasteiger partial charge in [-0.15, -0.1) is 15.3 Å². The van der Waals surface area contributed by atoms with Gasteiger partial charge in [0, 0.05) is 32.7 Å². The van der Waals surface area contributed by atoms with Crippen molar-refractivity contribution in [1.29, 1.82) is 0 Å². The fraction of sp³-hybridized carbons (Fsp3) is 0.400. The summed E-state index contributed by atoms with van der Waals surface area (Å²) >= 11 is 0. The minimum absolute atomic E-state index is 0.183. The molecule has 2 aromatic heterocycles. The zero-order chi connectivity index (χ0) is 19.5. The van der Waals surface area contributed by atoms with Crippen molar-refractivity contribution in [2.24, 2.45) is 0 Å². The van der Waals surface area contributed by atoms with Gasteiger partial charge in [-0.05, 0) is 37.4 Å². The highest BCUT2D eigenvalue weighted by molar-refractivity contribution is 5.79. The van der Waals surface area contributed by atoms with Crippen molar-refractivity contribution in [3.05, 3.63) is 53.9 Å². The Labute approximate surface area is 164 Å². The Balaban J connectivity index is 1.32. The number of benzene rings is 1. The Morgan fingerprint density at radius 1 is 1.00 bits per heavy atom. The van der Waals surface area contributed by atoms with Crippen molar-refractivity contribution in [3.8, 4) is 0 Å². The minimum atomic E-state index is 0.183. The first kappa shape index (κ1) is 18.4. The number of fused-ring (bicyclic) bond motifs is 1. The molecular formula is C20H25N7O. The molecule has 1 amide bonds. The second-order valence-electron chi connectivity index (χ2n) is 7.42. The van der Waals surface area contributed by atoms with Crippen molar-refractivity contribution in [3.63, 3.8) is 0 Å². The van der Waals surface area contributed by atoms with E-state index in [0.29, 0.717) is 19.5 Å². The van der Waals surface area contributed by atoms with Gasteiger partial charge in [-0.25, -0.2) is 0 Å². The van der Waals surface area contributed by atoms with Crippen molar-refractivity contribution in [2.45, 2.75) is 13.0 Å². The molecule has 0 unspecified atom stereocenters. The maximum Gasteiger partial charge on any atom is 0.227 e. The van der Waals surface area contributed by atoms with Gasteiger partial charge in [0.25, 0.3) is 0 Å². The summed E-state index contributed by atoms with van der Waals surface area (Å²) < 4.78 is 1.67. The van der Waals surface area contributed by atoms with Gasteiger partial charge in [0.05, 0.1) is 6.42 Å². The quantitative estimate of drug-likeness (QED) is 0.661. The van der Waals surface area contributed by atoms with E-state index in [4.69, 9.17) is 0 Å². The molecule has 0 radical (unpaired) electrons. The zero-order valence-electron chi connectivity index (χ0n) is 16.3. The Bertz CT molecular complexity index is 943. The summed E-state index contributed by atoms with van der Waals surface area (Å²) in [4.78, 5) is 19.0. The fourth-order valence-electron chi connectivity index (χ4n) is 3.49. The Morgan fingerprint density at radius 3 is 2.43 bits per heavy atom. The molecule has 0 spiro atoms. The SMILES string of the molecule is CN(C)Cc1ccc(CC(=O)N2CCN(c3ccc4nncn4n3)CC2)cc1. The number of nitrogens with zero attached hydrogens (tertiary/aromatic N) is 7. The highest BCUT2D eigenvalue weighted by Gasteiger charge is 2.22. The van der Waals surface area contributed by atoms with E-state index in [-0.39, 0.29) is 5.91 Å². The molecule has 3 heterocycles. The summed E-state index contributed by atoms with van der Waals surface area (Å²) in [5.74, 6) is 1.07. The van der Waals surface area contributed by atoms with E-state index < -0.39 is 0 Å². The van der Waals surface area contributed by atoms with Crippen LogP contribution < -0.4 is 4.90 Å². The largest absolute Gasteiger partial charge is 0.352 e. The molecule has 1 aromatic carbocycles. The fourth-order valence-corrected chi connectivity index (χ4v) is 3.49. The molecule has 1 aliphatic heterocycles. The zero-order valence-corrected chi connectivity index (χ0v) is 16.3. The highest BCUT2D eigenvalue weighted by atomic mass is 16.2. The summed E-state index contributed by atoms with van der Waals surface area (Å²) in [6.45, 7) is 3.87. The van der Waals surface area contributed by atoms with Crippen LogP contribution in [0.25, 0.3) is 5.65 Å². The van der Waals surface area contributed by atoms with Gasteiger partial charge < -0.3 is 14.7 Å². The lowest BCUT2D eigenvalue weighted by molar-refractivity contribution is -0.130. The van der Waals surface area contributed by atoms with Crippen LogP contribution in [0, 0.1) is 0 Å². The second kappa shape index (κ2) is 7.93. The Morgan fingerprint density at radius 2 is 1.71 bits per heavy atom. The lowest BCUT2D eigenvalue weighted by Gasteiger charge is -2.35. The summed E-state index contributed by atoms with van der Waals surface area (Å²) in [5, 5.41) is 12.4. The molecule has 1 saturated heterocycles. The third-order valence-corrected chi connectivity index (χ3v) is 4.98. The molecule has 0 aliphatic carbocycles. The van der Waals surface area contributed by atoms with E-state index in [1.54, 1.807) is 10.8 Å². The van der Waals surface area contributed by atoms with Crippen LogP contribution in [0.5, 0.6) is 0 Å². The van der Waals surface area contributed by atoms with Crippen molar-refractivity contribution in [2.75, 3.05) is 45.2 Å². The monoisotopic (exact) mass is 379 g/mol. The maximum atomic E-state index is 12.7. The van der Waals surface area contributed by atoms with Crippen LogP contribution in [0.2, 0.25) is 0 Å². The summed E-state index contributed by atoms with van der Waals surface area (Å²) in [6, 6.07) is 12.2. The van der Waals surface area contributed by atoms with Crippen LogP contribution in [0.15, 0.2) is 42.7 Å². The number of carbonyl (C=O) groups excluding carboxylic acids is 1. The summed E-state index contributed by atoms with van der Waals surface area (Å²) in [7, 11) is 4.11. The lowest BCUT2D eigenvalue weighted by Crippen LogP contribution is -2.49. The molecule has 4 rings (SSSR count). The van der Waals surface area contributed by atoms with Gasteiger partial charge in [-0.3, -0.25) is 4.79 Å². The van der Waals surface area contributed by atoms with Crippen LogP contribution in [0.1, 0.15) is 11.1 Å². The molecular weight excluding hydrogens is 354 g/mol. The van der Waals surface area contributed by atoms with E-state index in [1.807, 2.05) is 17.0 Å². The lowest BCUT2D eigenvalue weighted by atomic mass is 10.1. The molecule has 28 heavy (non-hydrogen) atoms. The molecule has 0 N–H and O–H groups in total. The van der Waals surface area contributed by atoms with Crippen molar-refractivity contribution in [1.82, 2.24) is 29.6 Å². The Hall–Kier alpha value is -3.00. The van der Waals surface area contributed by atoms with E-state index in [2.05, 4.69) is 63.5 Å². The van der Waals surface area contributed by atoms with Gasteiger partial charge in [0.1, 0.15) is 12.1 Å². The maximum absolute atomic E-state index is 12.7. The summed E-state index contributed by atoms with van der Waals surface area (Å²) in [6.07, 6.45) is 2.05. The van der Waals surface area contributed by atoms with Crippen molar-refractivity contribution < 1.29 is 4.79 Å². The third-order valence-electron chi connectivity index (χ3n) is 4.98. The molecule has 0 atom stereocenters. The topological polar surface area (TPSA) is 69.9 Å². The van der Waals surface area contributed by atoms with Crippen LogP contribution in [-0.2, 0) is 17.8 Å². The highest BCUT2D eigenvalue weighted by Crippen LogP contribution is 2.15. The summed E-state index contributed by atoms with van der Waals surface area (Å²) in [5.41, 5.74) is 3.05. The van der Waals surface area contributed by atoms with E-state index in [9.17, 15) is 4.79 Å². The molecule has 146 valence electrons. The van der Waals surface area contributed by atoms with Gasteiger partial charge in [0.15, 0.2) is 5.65 Å². The number of carbonyl (C=O) groups is 1. The van der Waals surface area contributed by atoms with Crippen LogP contribution in [0.3, 0.4) is 0 Å². The standard InChI is InChI=1S/C20H25N7O/c1-24(2)14-17-5-3-16(4-6-17)13-20(28)26-11-9-25(10-12-26)19-8-7-18-22-21-15-27(18)23-19/h3-8,15H,9-14H2,1-2H3. The van der Waals surface area contributed by atoms with Crippen molar-refractivity contribution >= 4 is 17.4 Å². The van der Waals surface area contributed by atoms with Crippen LogP contribution >= 0.6 is 0 Å². The van der Waals surface area contributed by atoms with Gasteiger partial charge in [-0.1, -0.05) is 24.3 Å². The van der Waals surface area contributed by atoms with Crippen LogP contribution in [0.4, 0.5) is 5.82 Å². The minimum Gasteiger partial charge on any atom is -0.352 e. The molecule has 3 aromatic rings. The number of piperazine rings is 1. The molecule has 0 bridgehead atoms. The number of hydrogen-bond donors (Lipinski definition) is 0. The van der Waals surface area contributed by atoms with Crippen LogP contribution in [-0.4, -0.2) is 75.8 Å². The van der Waals surface area contributed by atoms with E-state index in [1.165, 1.54) is 5.56 Å². The first-order valence-corrected chi connectivity index (χ1v) is 9.51. The average Bonchev–Trinajstić information content (AvgIpc) is 3.17. The van der Waals surface area contributed by atoms with Gasteiger partial charge >= 0.3 is 0 Å². The molecule has 8 heteroatoms. The predicted octanol–water partition coefficient (Wildman–Crippen LogP) is 1.08. The first-order chi connectivity index (χ1) is 13.6. The smallest absolute Gasteiger partial charge is 0.227 e. The number of aromatic nitrogens is 4. The Kier molecular flexibility index (Phi) is 5.21. The van der Waals surface area contributed by atoms with Gasteiger partial charge in [-0.2, -0.15) is 4.52 Å². The first-order valence-electron chi connectivity index (χ1n) is 9.51. The molecule has 1 aliphatic rings. The number of hydrogen-bond acceptors (Lipinski definition) is 6. The average molecular weight is 379 g/mol. The normalized spacial score (nSPS) is 14.8. The number of anilines is 1. The van der Waals surface area contributed by atoms with E-state index >= 15 is 0 Å². The molecule has 8 nitrogen and oxygen atoms in total. The third kappa shape index (κ3) is 4.12. The van der Waals surface area contributed by atoms with E-state index in [0.717, 1.165) is 36.7 Å². The predicted molar refractivity (Wildman–Crippen MR) is 107 cm³/mol. The molecule has 1 fully saturated rings. The van der Waals surface area contributed by atoms with Gasteiger partial charge in [0.2, 0.25) is 5.91 Å². The number of amides is 1. The number of rotatable bonds is 5. The molecule has 0 saturated carbocycles.